The van der Waals surface area contributed by atoms with Crippen LogP contribution in [0.15, 0.2) is 23.1 Å². The quantitative estimate of drug-likeness (QED) is 0.522. The van der Waals surface area contributed by atoms with E-state index in [1.807, 2.05) is 19.9 Å². The Kier molecular flexibility index (Phi) is 6.14. The van der Waals surface area contributed by atoms with E-state index in [2.05, 4.69) is 21.5 Å². The van der Waals surface area contributed by atoms with Crippen LogP contribution in [-0.4, -0.2) is 37.4 Å². The van der Waals surface area contributed by atoms with E-state index in [1.165, 1.54) is 4.52 Å². The second-order valence-corrected chi connectivity index (χ2v) is 6.77. The molecule has 0 aliphatic carbocycles. The molecule has 29 heavy (non-hydrogen) atoms. The second kappa shape index (κ2) is 8.75. The predicted molar refractivity (Wildman–Crippen MR) is 111 cm³/mol. The highest BCUT2D eigenvalue weighted by Crippen LogP contribution is 2.24. The van der Waals surface area contributed by atoms with Gasteiger partial charge in [-0.2, -0.15) is 14.9 Å². The number of nitriles is 1. The van der Waals surface area contributed by atoms with Crippen molar-refractivity contribution < 1.29 is 5.11 Å². The molecule has 9 heteroatoms. The van der Waals surface area contributed by atoms with Crippen molar-refractivity contribution in [1.82, 2.24) is 19.2 Å². The molecule has 0 radical (unpaired) electrons. The van der Waals surface area contributed by atoms with Crippen molar-refractivity contribution in [2.24, 2.45) is 0 Å². The number of rotatable bonds is 8. The third kappa shape index (κ3) is 3.93. The number of pyridine rings is 1. The van der Waals surface area contributed by atoms with Gasteiger partial charge < -0.3 is 20.7 Å². The summed E-state index contributed by atoms with van der Waals surface area (Å²) in [4.78, 5) is 17.1. The number of aromatic nitrogens is 4. The Labute approximate surface area is 168 Å². The van der Waals surface area contributed by atoms with Crippen LogP contribution in [-0.2, 0) is 19.4 Å². The lowest BCUT2D eigenvalue weighted by Gasteiger charge is -2.11. The van der Waals surface area contributed by atoms with E-state index in [0.717, 1.165) is 17.7 Å². The first-order valence-corrected chi connectivity index (χ1v) is 9.62. The van der Waals surface area contributed by atoms with Gasteiger partial charge >= 0.3 is 0 Å². The molecule has 4 N–H and O–H groups in total. The molecule has 0 spiro atoms. The summed E-state index contributed by atoms with van der Waals surface area (Å²) in [6.07, 6.45) is 3.47. The molecular weight excluding hydrogens is 370 g/mol. The van der Waals surface area contributed by atoms with Crippen LogP contribution >= 0.6 is 0 Å². The fraction of sp³-hybridized carbons (Fsp3) is 0.400. The number of aliphatic hydroxyl groups is 1. The van der Waals surface area contributed by atoms with Crippen LogP contribution in [0.3, 0.4) is 0 Å². The third-order valence-corrected chi connectivity index (χ3v) is 4.90. The van der Waals surface area contributed by atoms with Crippen LogP contribution in [0.4, 0.5) is 11.6 Å². The van der Waals surface area contributed by atoms with Crippen LogP contribution in [0.2, 0.25) is 0 Å². The number of nitrogens with zero attached hydrogens (tertiary/aromatic N) is 5. The fourth-order valence-electron chi connectivity index (χ4n) is 3.38. The van der Waals surface area contributed by atoms with Gasteiger partial charge in [0.05, 0.1) is 5.69 Å². The summed E-state index contributed by atoms with van der Waals surface area (Å²) in [5.74, 6) is 0.637. The zero-order valence-corrected chi connectivity index (χ0v) is 16.6. The SMILES string of the molecule is CCc1c(C)nn2c(N)c(C#N)c(NCCc3cccn(CCCO)c3=O)nc12. The number of hydrogen-bond donors (Lipinski definition) is 3. The Morgan fingerprint density at radius 1 is 1.41 bits per heavy atom. The molecule has 0 unspecified atom stereocenters. The zero-order chi connectivity index (χ0) is 21.0. The Bertz CT molecular complexity index is 1120. The smallest absolute Gasteiger partial charge is 0.253 e. The maximum absolute atomic E-state index is 12.5. The molecule has 3 heterocycles. The zero-order valence-electron chi connectivity index (χ0n) is 16.6. The van der Waals surface area contributed by atoms with Crippen LogP contribution < -0.4 is 16.6 Å². The number of fused-ring (bicyclic) bond motifs is 1. The molecule has 0 fully saturated rings. The van der Waals surface area contributed by atoms with Crippen molar-refractivity contribution in [3.63, 3.8) is 0 Å². The number of nitrogen functional groups attached to an aromatic ring is 1. The second-order valence-electron chi connectivity index (χ2n) is 6.77. The molecular formula is C20H25N7O2. The maximum atomic E-state index is 12.5. The van der Waals surface area contributed by atoms with Crippen molar-refractivity contribution >= 4 is 17.3 Å². The van der Waals surface area contributed by atoms with E-state index in [9.17, 15) is 10.1 Å². The number of anilines is 2. The van der Waals surface area contributed by atoms with E-state index in [0.29, 0.717) is 43.0 Å². The van der Waals surface area contributed by atoms with Gasteiger partial charge in [0.2, 0.25) is 0 Å². The van der Waals surface area contributed by atoms with E-state index in [1.54, 1.807) is 16.8 Å². The molecule has 0 amide bonds. The van der Waals surface area contributed by atoms with Gasteiger partial charge in [0.15, 0.2) is 5.65 Å². The van der Waals surface area contributed by atoms with E-state index in [4.69, 9.17) is 10.8 Å². The first-order chi connectivity index (χ1) is 14.0. The Hall–Kier alpha value is -3.38. The van der Waals surface area contributed by atoms with Gasteiger partial charge in [-0.3, -0.25) is 4.79 Å². The molecule has 0 saturated heterocycles. The normalized spacial score (nSPS) is 11.0. The van der Waals surface area contributed by atoms with Gasteiger partial charge in [-0.05, 0) is 32.3 Å². The first kappa shape index (κ1) is 20.4. The Morgan fingerprint density at radius 2 is 2.21 bits per heavy atom. The van der Waals surface area contributed by atoms with Gasteiger partial charge in [0.1, 0.15) is 23.3 Å². The minimum absolute atomic E-state index is 0.0402. The van der Waals surface area contributed by atoms with Crippen molar-refractivity contribution in [3.05, 3.63) is 51.1 Å². The average Bonchev–Trinajstić information content (AvgIpc) is 3.04. The molecule has 0 atom stereocenters. The van der Waals surface area contributed by atoms with Gasteiger partial charge in [0, 0.05) is 37.0 Å². The molecule has 0 aliphatic heterocycles. The monoisotopic (exact) mass is 395 g/mol. The maximum Gasteiger partial charge on any atom is 0.253 e. The van der Waals surface area contributed by atoms with Crippen LogP contribution in [0, 0.1) is 18.3 Å². The highest BCUT2D eigenvalue weighted by molar-refractivity contribution is 5.69. The minimum Gasteiger partial charge on any atom is -0.396 e. The van der Waals surface area contributed by atoms with E-state index < -0.39 is 0 Å². The first-order valence-electron chi connectivity index (χ1n) is 9.62. The van der Waals surface area contributed by atoms with E-state index in [-0.39, 0.29) is 23.5 Å². The van der Waals surface area contributed by atoms with Gasteiger partial charge in [0.25, 0.3) is 5.56 Å². The highest BCUT2D eigenvalue weighted by atomic mass is 16.3. The standard InChI is InChI=1S/C20H25N7O2/c1-3-15-13(2)25-27-17(22)16(12-21)18(24-19(15)27)23-8-7-14-6-4-9-26(20(14)29)10-5-11-28/h4,6,9,28H,3,5,7-8,10-11,22H2,1-2H3,(H,23,24). The number of hydrogen-bond acceptors (Lipinski definition) is 7. The summed E-state index contributed by atoms with van der Waals surface area (Å²) in [6.45, 7) is 4.85. The number of nitrogens with two attached hydrogens (primary N) is 1. The predicted octanol–water partition coefficient (Wildman–Crippen LogP) is 1.25. The minimum atomic E-state index is -0.0779. The van der Waals surface area contributed by atoms with Gasteiger partial charge in [-0.1, -0.05) is 13.0 Å². The van der Waals surface area contributed by atoms with E-state index >= 15 is 0 Å². The van der Waals surface area contributed by atoms with Crippen molar-refractivity contribution in [1.29, 1.82) is 5.26 Å². The molecule has 152 valence electrons. The van der Waals surface area contributed by atoms with Crippen molar-refractivity contribution in [3.8, 4) is 6.07 Å². The largest absolute Gasteiger partial charge is 0.396 e. The molecule has 0 saturated carbocycles. The summed E-state index contributed by atoms with van der Waals surface area (Å²) in [5.41, 5.74) is 9.43. The highest BCUT2D eigenvalue weighted by Gasteiger charge is 2.18. The number of aryl methyl sites for hydroxylation is 3. The van der Waals surface area contributed by atoms with Gasteiger partial charge in [-0.25, -0.2) is 4.98 Å². The Morgan fingerprint density at radius 3 is 2.90 bits per heavy atom. The van der Waals surface area contributed by atoms with Crippen LogP contribution in [0.5, 0.6) is 0 Å². The van der Waals surface area contributed by atoms with Crippen LogP contribution in [0.1, 0.15) is 35.7 Å². The Balaban J connectivity index is 1.84. The summed E-state index contributed by atoms with van der Waals surface area (Å²) in [5, 5.41) is 26.1. The van der Waals surface area contributed by atoms with Gasteiger partial charge in [-0.15, -0.1) is 0 Å². The summed E-state index contributed by atoms with van der Waals surface area (Å²) in [7, 11) is 0. The van der Waals surface area contributed by atoms with Crippen LogP contribution in [0.25, 0.3) is 5.65 Å². The fourth-order valence-corrected chi connectivity index (χ4v) is 3.38. The van der Waals surface area contributed by atoms with Crippen molar-refractivity contribution in [2.75, 3.05) is 24.2 Å². The van der Waals surface area contributed by atoms with Crippen molar-refractivity contribution in [2.45, 2.75) is 39.7 Å². The molecule has 3 rings (SSSR count). The number of nitrogens with one attached hydrogen (secondary N) is 1. The summed E-state index contributed by atoms with van der Waals surface area (Å²) in [6, 6.07) is 5.70. The lowest BCUT2D eigenvalue weighted by molar-refractivity contribution is 0.279. The molecule has 3 aromatic heterocycles. The molecule has 0 aromatic carbocycles. The lowest BCUT2D eigenvalue weighted by Crippen LogP contribution is -2.25. The third-order valence-electron chi connectivity index (χ3n) is 4.90. The molecule has 0 bridgehead atoms. The summed E-state index contributed by atoms with van der Waals surface area (Å²) < 4.78 is 3.10. The lowest BCUT2D eigenvalue weighted by atomic mass is 10.2. The topological polar surface area (TPSA) is 134 Å². The molecule has 9 nitrogen and oxygen atoms in total. The number of aliphatic hydroxyl groups excluding tert-OH is 1. The summed E-state index contributed by atoms with van der Waals surface area (Å²) >= 11 is 0. The average molecular weight is 395 g/mol. The molecule has 3 aromatic rings. The molecule has 0 aliphatic rings.